The van der Waals surface area contributed by atoms with E-state index < -0.39 is 121 Å². The fourth-order valence-electron chi connectivity index (χ4n) is 10.4. The molecule has 8 rings (SSSR count). The van der Waals surface area contributed by atoms with Crippen LogP contribution in [0, 0.1) is 29.1 Å². The van der Waals surface area contributed by atoms with Gasteiger partial charge in [0.05, 0.1) is 52.2 Å². The number of nitrogens with one attached hydrogen (secondary N) is 2. The van der Waals surface area contributed by atoms with E-state index in [0.29, 0.717) is 6.42 Å². The zero-order valence-electron chi connectivity index (χ0n) is 47.9. The summed E-state index contributed by atoms with van der Waals surface area (Å²) < 4.78 is 42.9. The van der Waals surface area contributed by atoms with Crippen molar-refractivity contribution in [1.82, 2.24) is 24.9 Å². The van der Waals surface area contributed by atoms with E-state index in [9.17, 15) is 43.2 Å². The maximum Gasteiger partial charge on any atom is 0.417 e. The van der Waals surface area contributed by atoms with Gasteiger partial charge in [-0.3, -0.25) is 48.8 Å². The third-order valence-electron chi connectivity index (χ3n) is 14.7. The Morgan fingerprint density at radius 1 is 0.602 bits per heavy atom. The Morgan fingerprint density at radius 3 is 1.41 bits per heavy atom. The molecule has 4 aromatic rings. The van der Waals surface area contributed by atoms with Gasteiger partial charge in [-0.25, -0.2) is 28.2 Å². The number of amides is 9. The Kier molecular flexibility index (Phi) is 23.4. The van der Waals surface area contributed by atoms with Crippen LogP contribution in [-0.2, 0) is 41.4 Å². The SMILES string of the molecule is CC(C)/C=C(\F)[C@H](OC(=N)C(Cl)(Cl)Cl)[C@@H](CCCN1C(=O)c2ccccc2C1=O)C(=O)N1C(=O)OC[C@H]1Cc1ccccc1.CC(C)[C@H](NC(=O)C(Cl)(Cl)Cl)/C(F)=C/[C@@H](CCCN1C(=O)c2ccccc2C1=O)C(=O)N1C(=O)OC[C@H]1Cc1ccccc1. The Bertz CT molecular complexity index is 3290. The molecule has 0 spiro atoms. The first kappa shape index (κ1) is 68.5. The van der Waals surface area contributed by atoms with E-state index in [2.05, 4.69) is 5.32 Å². The van der Waals surface area contributed by atoms with Crippen molar-refractivity contribution in [2.24, 2.45) is 23.7 Å². The van der Waals surface area contributed by atoms with Crippen molar-refractivity contribution in [2.45, 2.75) is 98.0 Å². The molecule has 0 saturated carbocycles. The maximum absolute atomic E-state index is 15.8. The number of halogens is 8. The molecule has 26 heteroatoms. The van der Waals surface area contributed by atoms with Crippen LogP contribution in [0.15, 0.2) is 133 Å². The van der Waals surface area contributed by atoms with Crippen molar-refractivity contribution in [2.75, 3.05) is 26.3 Å². The lowest BCUT2D eigenvalue weighted by Crippen LogP contribution is -2.48. The number of nitrogens with zero attached hydrogens (tertiary/aromatic N) is 4. The van der Waals surface area contributed by atoms with E-state index in [1.54, 1.807) is 76.2 Å². The normalized spacial score (nSPS) is 18.4. The second-order valence-electron chi connectivity index (χ2n) is 21.8. The number of imide groups is 4. The first-order valence-corrected chi connectivity index (χ1v) is 30.3. The van der Waals surface area contributed by atoms with Crippen molar-refractivity contribution >= 4 is 129 Å². The van der Waals surface area contributed by atoms with Crippen LogP contribution in [0.5, 0.6) is 0 Å². The van der Waals surface area contributed by atoms with Crippen molar-refractivity contribution < 1.29 is 66.1 Å². The summed E-state index contributed by atoms with van der Waals surface area (Å²) in [6.45, 7) is 6.39. The summed E-state index contributed by atoms with van der Waals surface area (Å²) in [7, 11) is 0. The zero-order valence-corrected chi connectivity index (χ0v) is 52.5. The van der Waals surface area contributed by atoms with E-state index in [4.69, 9.17) is 89.2 Å². The monoisotopic (exact) mass is 1330 g/mol. The van der Waals surface area contributed by atoms with Gasteiger partial charge in [0, 0.05) is 13.1 Å². The van der Waals surface area contributed by atoms with Gasteiger partial charge in [-0.1, -0.05) is 182 Å². The molecule has 4 aromatic carbocycles. The number of rotatable bonds is 22. The highest BCUT2D eigenvalue weighted by molar-refractivity contribution is 6.76. The number of carbonyl (C=O) groups excluding carboxylic acids is 9. The van der Waals surface area contributed by atoms with Crippen LogP contribution in [0.4, 0.5) is 18.4 Å². The van der Waals surface area contributed by atoms with E-state index in [0.717, 1.165) is 36.8 Å². The summed E-state index contributed by atoms with van der Waals surface area (Å²) in [5.74, 6) is -10.7. The summed E-state index contributed by atoms with van der Waals surface area (Å²) in [5, 5.41) is 10.5. The average Bonchev–Trinajstić information content (AvgIpc) is 2.83. The number of hydrogen-bond donors (Lipinski definition) is 2. The minimum atomic E-state index is -2.37. The minimum Gasteiger partial charge on any atom is -0.467 e. The maximum atomic E-state index is 15.8. The van der Waals surface area contributed by atoms with E-state index >= 15 is 8.78 Å². The van der Waals surface area contributed by atoms with E-state index in [-0.39, 0.29) is 86.6 Å². The molecular weight excluding hydrogens is 1270 g/mol. The standard InChI is InChI=1S/2C31H31Cl3FN3O6/c1-18(2)25(36-29(42)31(32,33)34)24(35)16-20(11-8-14-37-27(40)22-12-6-7-13-23(22)28(37)41)26(39)38-21(17-44-30(38)43)15-19-9-4-3-5-10-19;1-18(2)15-24(35)25(44-29(36)31(32,33)34)23(13-8-14-37-26(39)21-11-6-7-12-22(21)27(37)40)28(41)38-20(17-43-30(38)42)16-19-9-4-3-5-10-19/h3-7,9-10,12-13,16,18,20-21,25H,8,11,14-15,17H2,1-2H3,(H,36,42);3-7,9-12,15,18,20,23,25,36H,8,13-14,16-17H2,1-2H3/b24-16-;24-15-,36-29?/t20-,21-,25+;20-,23-,25-/m11/s1. The van der Waals surface area contributed by atoms with Gasteiger partial charge < -0.3 is 19.5 Å². The van der Waals surface area contributed by atoms with Crippen LogP contribution in [0.25, 0.3) is 0 Å². The third kappa shape index (κ3) is 16.9. The van der Waals surface area contributed by atoms with Gasteiger partial charge >= 0.3 is 12.2 Å². The number of allylic oxidation sites excluding steroid dienone is 1. The molecule has 0 bridgehead atoms. The molecule has 0 aromatic heterocycles. The van der Waals surface area contributed by atoms with E-state index in [1.165, 1.54) is 6.08 Å². The Morgan fingerprint density at radius 2 is 1.01 bits per heavy atom. The van der Waals surface area contributed by atoms with Gasteiger partial charge in [0.2, 0.25) is 17.7 Å². The Hall–Kier alpha value is -6.94. The molecular formula is C62H62Cl6F2N6O12. The van der Waals surface area contributed by atoms with Crippen molar-refractivity contribution in [3.05, 3.63) is 166 Å². The fraction of sp³-hybridized carbons (Fsp3) is 0.387. The molecule has 6 atom stereocenters. The van der Waals surface area contributed by atoms with Crippen LogP contribution in [0.3, 0.4) is 0 Å². The largest absolute Gasteiger partial charge is 0.467 e. The first-order chi connectivity index (χ1) is 41.6. The van der Waals surface area contributed by atoms with Gasteiger partial charge in [0.1, 0.15) is 24.9 Å². The predicted octanol–water partition coefficient (Wildman–Crippen LogP) is 12.1. The molecule has 2 saturated heterocycles. The van der Waals surface area contributed by atoms with Crippen LogP contribution < -0.4 is 5.32 Å². The number of alkyl halides is 6. The van der Waals surface area contributed by atoms with Gasteiger partial charge in [0.15, 0.2) is 6.10 Å². The minimum absolute atomic E-state index is 0.0318. The lowest BCUT2D eigenvalue weighted by atomic mass is 9.91. The quantitative estimate of drug-likeness (QED) is 0.0324. The first-order valence-electron chi connectivity index (χ1n) is 28.0. The Labute approximate surface area is 536 Å². The molecule has 18 nitrogen and oxygen atoms in total. The predicted molar refractivity (Wildman–Crippen MR) is 326 cm³/mol. The number of cyclic esters (lactones) is 2. The number of fused-ring (bicyclic) bond motifs is 2. The van der Waals surface area contributed by atoms with E-state index in [1.807, 2.05) is 60.7 Å². The summed E-state index contributed by atoms with van der Waals surface area (Å²) in [5.41, 5.74) is 2.79. The second kappa shape index (κ2) is 30.0. The lowest BCUT2D eigenvalue weighted by Gasteiger charge is -2.31. The Balaban J connectivity index is 0.000000251. The average molecular weight is 1330 g/mol. The van der Waals surface area contributed by atoms with Crippen molar-refractivity contribution in [3.63, 3.8) is 0 Å². The van der Waals surface area contributed by atoms with Gasteiger partial charge in [-0.2, -0.15) is 0 Å². The van der Waals surface area contributed by atoms with Crippen LogP contribution in [0.1, 0.15) is 106 Å². The summed E-state index contributed by atoms with van der Waals surface area (Å²) in [6, 6.07) is 28.6. The molecule has 4 aliphatic rings. The molecule has 9 amide bonds. The molecule has 2 fully saturated rings. The lowest BCUT2D eigenvalue weighted by molar-refractivity contribution is -0.137. The molecule has 4 aliphatic heterocycles. The molecule has 88 heavy (non-hydrogen) atoms. The number of benzene rings is 4. The number of carbonyl (C=O) groups is 9. The third-order valence-corrected chi connectivity index (χ3v) is 15.7. The van der Waals surface area contributed by atoms with Gasteiger partial charge in [-0.15, -0.1) is 0 Å². The highest BCUT2D eigenvalue weighted by Crippen LogP contribution is 2.36. The van der Waals surface area contributed by atoms with Crippen LogP contribution in [0.2, 0.25) is 0 Å². The molecule has 0 unspecified atom stereocenters. The summed E-state index contributed by atoms with van der Waals surface area (Å²) in [4.78, 5) is 122. The van der Waals surface area contributed by atoms with Crippen molar-refractivity contribution in [3.8, 4) is 0 Å². The van der Waals surface area contributed by atoms with Crippen LogP contribution in [-0.4, -0.2) is 137 Å². The van der Waals surface area contributed by atoms with Crippen LogP contribution >= 0.6 is 69.6 Å². The highest BCUT2D eigenvalue weighted by Gasteiger charge is 2.47. The topological polar surface area (TPSA) is 230 Å². The number of ether oxygens (including phenoxy) is 3. The second-order valence-corrected chi connectivity index (χ2v) is 26.3. The molecule has 4 heterocycles. The fourth-order valence-corrected chi connectivity index (χ4v) is 10.7. The molecule has 2 N–H and O–H groups in total. The molecule has 0 radical (unpaired) electrons. The molecule has 468 valence electrons. The van der Waals surface area contributed by atoms with Gasteiger partial charge in [0.25, 0.3) is 37.1 Å². The van der Waals surface area contributed by atoms with Crippen molar-refractivity contribution in [1.29, 1.82) is 5.41 Å². The smallest absolute Gasteiger partial charge is 0.417 e. The summed E-state index contributed by atoms with van der Waals surface area (Å²) >= 11 is 34.5. The number of hydrogen-bond acceptors (Lipinski definition) is 13. The van der Waals surface area contributed by atoms with Gasteiger partial charge in [-0.05, 0) is 97.9 Å². The summed E-state index contributed by atoms with van der Waals surface area (Å²) in [6.07, 6.45) is -0.764. The zero-order chi connectivity index (χ0) is 64.4. The highest BCUT2D eigenvalue weighted by atomic mass is 35.6. The molecule has 0 aliphatic carbocycles.